The van der Waals surface area contributed by atoms with Gasteiger partial charge in [0, 0.05) is 24.1 Å². The second-order valence-electron chi connectivity index (χ2n) is 9.76. The minimum absolute atomic E-state index is 0.115. The first-order chi connectivity index (χ1) is 15.0. The first-order valence-electron chi connectivity index (χ1n) is 11.4. The SMILES string of the molecule is BC(C)OCCC(C)(C)OC/C(OC(O)c1ccccc1)=C1/OC2OC(C)(C)OC2[C@@H]1C. The van der Waals surface area contributed by atoms with Crippen LogP contribution in [0.1, 0.15) is 59.8 Å². The summed E-state index contributed by atoms with van der Waals surface area (Å²) in [5, 5.41) is 10.7. The minimum atomic E-state index is -1.15. The van der Waals surface area contributed by atoms with E-state index in [1.165, 1.54) is 0 Å². The number of aliphatic hydroxyl groups excluding tert-OH is 1. The fourth-order valence-corrected chi connectivity index (χ4v) is 3.75. The lowest BCUT2D eigenvalue weighted by Crippen LogP contribution is -2.29. The summed E-state index contributed by atoms with van der Waals surface area (Å²) in [7, 11) is 2.01. The van der Waals surface area contributed by atoms with Crippen molar-refractivity contribution in [2.45, 2.75) is 84.0 Å². The molecule has 2 fully saturated rings. The molecule has 2 aliphatic rings. The van der Waals surface area contributed by atoms with Crippen LogP contribution in [-0.2, 0) is 28.4 Å². The second kappa shape index (κ2) is 10.1. The first kappa shape index (κ1) is 25.1. The van der Waals surface area contributed by atoms with E-state index in [9.17, 15) is 5.11 Å². The molecule has 1 aromatic carbocycles. The zero-order chi connectivity index (χ0) is 23.5. The molecule has 2 saturated heterocycles. The van der Waals surface area contributed by atoms with Gasteiger partial charge in [-0.2, -0.15) is 0 Å². The third-order valence-corrected chi connectivity index (χ3v) is 5.60. The zero-order valence-electron chi connectivity index (χ0n) is 20.3. The molecule has 0 bridgehead atoms. The number of aliphatic hydroxyl groups is 1. The van der Waals surface area contributed by atoms with Gasteiger partial charge in [0.1, 0.15) is 26.3 Å². The third-order valence-electron chi connectivity index (χ3n) is 5.60. The van der Waals surface area contributed by atoms with Crippen molar-refractivity contribution in [1.82, 2.24) is 0 Å². The summed E-state index contributed by atoms with van der Waals surface area (Å²) >= 11 is 0. The molecular formula is C24H37BO7. The maximum Gasteiger partial charge on any atom is 0.229 e. The standard InChI is InChI=1S/C24H37BO7/c1-15-19(30-22-20(15)31-24(5,6)32-22)18(29-21(26)17-10-8-7-9-11-17)14-28-23(3,4)12-13-27-16(2)25/h7-11,15-16,20-22,26H,12-14,25H2,1-6H3/b19-18-/t15-,16?,20?,21?,22?/m1/s1. The highest BCUT2D eigenvalue weighted by molar-refractivity contribution is 6.10. The van der Waals surface area contributed by atoms with E-state index < -0.39 is 24.0 Å². The Bertz CT molecular complexity index is 778. The van der Waals surface area contributed by atoms with Crippen LogP contribution in [0.15, 0.2) is 41.9 Å². The van der Waals surface area contributed by atoms with Gasteiger partial charge in [-0.15, -0.1) is 0 Å². The molecule has 32 heavy (non-hydrogen) atoms. The van der Waals surface area contributed by atoms with E-state index in [0.29, 0.717) is 23.7 Å². The number of fused-ring (bicyclic) bond motifs is 1. The van der Waals surface area contributed by atoms with Gasteiger partial charge in [-0.1, -0.05) is 37.3 Å². The number of ether oxygens (including phenoxy) is 6. The van der Waals surface area contributed by atoms with Crippen LogP contribution in [0, 0.1) is 5.92 Å². The Hall–Kier alpha value is -1.58. The van der Waals surface area contributed by atoms with Crippen LogP contribution < -0.4 is 0 Å². The summed E-state index contributed by atoms with van der Waals surface area (Å²) < 4.78 is 35.9. The van der Waals surface area contributed by atoms with Gasteiger partial charge in [0.2, 0.25) is 12.6 Å². The van der Waals surface area contributed by atoms with E-state index in [1.54, 1.807) is 0 Å². The first-order valence-corrected chi connectivity index (χ1v) is 11.4. The van der Waals surface area contributed by atoms with E-state index in [-0.39, 0.29) is 24.6 Å². The highest BCUT2D eigenvalue weighted by Gasteiger charge is 2.53. The van der Waals surface area contributed by atoms with Crippen molar-refractivity contribution >= 4 is 7.85 Å². The number of rotatable bonds is 10. The van der Waals surface area contributed by atoms with Crippen molar-refractivity contribution in [1.29, 1.82) is 0 Å². The third kappa shape index (κ3) is 6.48. The molecule has 0 aliphatic carbocycles. The molecule has 1 aromatic rings. The van der Waals surface area contributed by atoms with Crippen LogP contribution in [0.2, 0.25) is 0 Å². The Morgan fingerprint density at radius 2 is 1.91 bits per heavy atom. The molecule has 1 N–H and O–H groups in total. The summed E-state index contributed by atoms with van der Waals surface area (Å²) in [5.41, 5.74) is 0.198. The zero-order valence-corrected chi connectivity index (χ0v) is 20.3. The topological polar surface area (TPSA) is 75.6 Å². The number of benzene rings is 1. The largest absolute Gasteiger partial charge is 0.462 e. The van der Waals surface area contributed by atoms with E-state index in [0.717, 1.165) is 6.42 Å². The summed E-state index contributed by atoms with van der Waals surface area (Å²) in [6.07, 6.45) is -1.20. The Morgan fingerprint density at radius 3 is 2.53 bits per heavy atom. The maximum atomic E-state index is 10.7. The minimum Gasteiger partial charge on any atom is -0.462 e. The predicted octanol–water partition coefficient (Wildman–Crippen LogP) is 3.23. The van der Waals surface area contributed by atoms with Crippen LogP contribution in [-0.4, -0.2) is 56.0 Å². The molecule has 0 spiro atoms. The molecule has 5 atom stereocenters. The molecule has 8 heteroatoms. The van der Waals surface area contributed by atoms with Crippen molar-refractivity contribution in [2.75, 3.05) is 13.2 Å². The molecule has 0 radical (unpaired) electrons. The highest BCUT2D eigenvalue weighted by Crippen LogP contribution is 2.44. The quantitative estimate of drug-likeness (QED) is 0.335. The molecule has 0 saturated carbocycles. The van der Waals surface area contributed by atoms with Gasteiger partial charge in [-0.3, -0.25) is 0 Å². The van der Waals surface area contributed by atoms with Crippen molar-refractivity contribution in [3.8, 4) is 0 Å². The number of hydrogen-bond donors (Lipinski definition) is 1. The van der Waals surface area contributed by atoms with Crippen molar-refractivity contribution in [3.63, 3.8) is 0 Å². The normalized spacial score (nSPS) is 28.0. The van der Waals surface area contributed by atoms with Crippen molar-refractivity contribution in [3.05, 3.63) is 47.4 Å². The molecular weight excluding hydrogens is 411 g/mol. The molecule has 3 rings (SSSR count). The lowest BCUT2D eigenvalue weighted by Gasteiger charge is -2.28. The van der Waals surface area contributed by atoms with Crippen LogP contribution in [0.3, 0.4) is 0 Å². The van der Waals surface area contributed by atoms with Crippen LogP contribution in [0.25, 0.3) is 0 Å². The van der Waals surface area contributed by atoms with Gasteiger partial charge in [-0.25, -0.2) is 0 Å². The van der Waals surface area contributed by atoms with Crippen LogP contribution in [0.4, 0.5) is 0 Å². The van der Waals surface area contributed by atoms with E-state index in [1.807, 2.05) is 79.7 Å². The fourth-order valence-electron chi connectivity index (χ4n) is 3.75. The summed E-state index contributed by atoms with van der Waals surface area (Å²) in [5.74, 6) is 0.204. The molecule has 178 valence electrons. The molecule has 4 unspecified atom stereocenters. The summed E-state index contributed by atoms with van der Waals surface area (Å²) in [4.78, 5) is 0. The predicted molar refractivity (Wildman–Crippen MR) is 122 cm³/mol. The van der Waals surface area contributed by atoms with Gasteiger partial charge in [0.15, 0.2) is 11.5 Å². The molecule has 2 heterocycles. The summed E-state index contributed by atoms with van der Waals surface area (Å²) in [6, 6.07) is 9.38. The molecule has 0 amide bonds. The van der Waals surface area contributed by atoms with E-state index >= 15 is 0 Å². The Kier molecular flexibility index (Phi) is 7.94. The van der Waals surface area contributed by atoms with Gasteiger partial charge in [0.05, 0.1) is 5.60 Å². The van der Waals surface area contributed by atoms with Crippen molar-refractivity contribution in [2.24, 2.45) is 5.92 Å². The van der Waals surface area contributed by atoms with Crippen molar-refractivity contribution < 1.29 is 33.5 Å². The van der Waals surface area contributed by atoms with E-state index in [4.69, 9.17) is 28.4 Å². The smallest absolute Gasteiger partial charge is 0.229 e. The Balaban J connectivity index is 1.75. The number of hydrogen-bond acceptors (Lipinski definition) is 7. The highest BCUT2D eigenvalue weighted by atomic mass is 16.8. The molecule has 2 aliphatic heterocycles. The van der Waals surface area contributed by atoms with Gasteiger partial charge < -0.3 is 33.5 Å². The molecule has 0 aromatic heterocycles. The van der Waals surface area contributed by atoms with Gasteiger partial charge in [-0.05, 0) is 41.0 Å². The average Bonchev–Trinajstić information content (AvgIpc) is 3.17. The Morgan fingerprint density at radius 1 is 1.22 bits per heavy atom. The molecule has 7 nitrogen and oxygen atoms in total. The lowest BCUT2D eigenvalue weighted by atomic mass is 10.0. The monoisotopic (exact) mass is 448 g/mol. The average molecular weight is 448 g/mol. The second-order valence-corrected chi connectivity index (χ2v) is 9.76. The van der Waals surface area contributed by atoms with E-state index in [2.05, 4.69) is 0 Å². The van der Waals surface area contributed by atoms with Gasteiger partial charge in [0.25, 0.3) is 0 Å². The van der Waals surface area contributed by atoms with Gasteiger partial charge >= 0.3 is 0 Å². The Labute approximate surface area is 192 Å². The van der Waals surface area contributed by atoms with Crippen LogP contribution in [0.5, 0.6) is 0 Å². The maximum absolute atomic E-state index is 10.7. The van der Waals surface area contributed by atoms with Crippen LogP contribution >= 0.6 is 0 Å². The lowest BCUT2D eigenvalue weighted by molar-refractivity contribution is -0.189. The fraction of sp³-hybridized carbons (Fsp3) is 0.667. The summed E-state index contributed by atoms with van der Waals surface area (Å²) in [6.45, 7) is 12.5.